The lowest BCUT2D eigenvalue weighted by Crippen LogP contribution is -2.30. The molecule has 1 aromatic heterocycles. The lowest BCUT2D eigenvalue weighted by Gasteiger charge is -2.20. The minimum absolute atomic E-state index is 0.104. The molecule has 0 fully saturated rings. The molecule has 3 atom stereocenters. The van der Waals surface area contributed by atoms with Gasteiger partial charge in [-0.1, -0.05) is 13.0 Å². The van der Waals surface area contributed by atoms with Crippen molar-refractivity contribution >= 4 is 21.6 Å². The van der Waals surface area contributed by atoms with Crippen LogP contribution in [0.25, 0.3) is 0 Å². The molecule has 2 amide bonds. The van der Waals surface area contributed by atoms with Gasteiger partial charge in [-0.2, -0.15) is 5.10 Å². The monoisotopic (exact) mass is 447 g/mol. The predicted octanol–water partition coefficient (Wildman–Crippen LogP) is 3.30. The number of nitrogens with zero attached hydrogens (tertiary/aromatic N) is 3. The summed E-state index contributed by atoms with van der Waals surface area (Å²) in [5, 5.41) is 13.0. The number of carbonyl (C=O) groups is 1. The minimum atomic E-state index is -3.58. The number of ether oxygens (including phenoxy) is 1. The van der Waals surface area contributed by atoms with Crippen molar-refractivity contribution in [2.75, 3.05) is 5.32 Å². The highest BCUT2D eigenvalue weighted by Crippen LogP contribution is 2.40. The van der Waals surface area contributed by atoms with Crippen LogP contribution in [-0.4, -0.2) is 31.8 Å². The van der Waals surface area contributed by atoms with Gasteiger partial charge in [0.1, 0.15) is 16.7 Å². The number of alkyl halides is 1. The number of halogens is 1. The molecule has 0 spiro atoms. The van der Waals surface area contributed by atoms with Crippen molar-refractivity contribution in [2.24, 2.45) is 9.50 Å². The fraction of sp³-hybridized carbons (Fsp3) is 0.524. The van der Waals surface area contributed by atoms with Crippen LogP contribution >= 0.6 is 0 Å². The summed E-state index contributed by atoms with van der Waals surface area (Å²) in [4.78, 5) is 12.9. The summed E-state index contributed by atoms with van der Waals surface area (Å²) in [6, 6.07) is 1.25. The first kappa shape index (κ1) is 20.4. The second-order valence-corrected chi connectivity index (χ2v) is 10.6. The molecule has 8 nitrogen and oxygen atoms in total. The van der Waals surface area contributed by atoms with Gasteiger partial charge in [0, 0.05) is 18.5 Å². The third-order valence-corrected chi connectivity index (χ3v) is 7.91. The normalized spacial score (nSPS) is 25.4. The number of aryl methyl sites for hydroxylation is 1. The molecule has 10 heteroatoms. The summed E-state index contributed by atoms with van der Waals surface area (Å²) in [5.41, 5.74) is 4.05. The maximum Gasteiger partial charge on any atom is 0.354 e. The lowest BCUT2D eigenvalue weighted by molar-refractivity contribution is 0.105. The fourth-order valence-electron chi connectivity index (χ4n) is 4.79. The van der Waals surface area contributed by atoms with Crippen LogP contribution < -0.4 is 15.2 Å². The van der Waals surface area contributed by atoms with E-state index in [4.69, 9.17) is 9.88 Å². The summed E-state index contributed by atoms with van der Waals surface area (Å²) in [6.45, 7) is 4.43. The average molecular weight is 448 g/mol. The summed E-state index contributed by atoms with van der Waals surface area (Å²) in [6.07, 6.45) is 4.44. The van der Waals surface area contributed by atoms with E-state index in [-0.39, 0.29) is 17.2 Å². The van der Waals surface area contributed by atoms with E-state index in [0.29, 0.717) is 18.7 Å². The third kappa shape index (κ3) is 3.41. The van der Waals surface area contributed by atoms with Gasteiger partial charge < -0.3 is 10.1 Å². The van der Waals surface area contributed by atoms with Crippen LogP contribution in [0.1, 0.15) is 48.9 Å². The van der Waals surface area contributed by atoms with Gasteiger partial charge >= 0.3 is 6.03 Å². The van der Waals surface area contributed by atoms with Crippen molar-refractivity contribution < 1.29 is 18.1 Å². The second-order valence-electron chi connectivity index (χ2n) is 8.85. The third-order valence-electron chi connectivity index (χ3n) is 6.57. The molecule has 0 radical (unpaired) electrons. The van der Waals surface area contributed by atoms with Gasteiger partial charge in [0.2, 0.25) is 5.88 Å². The number of anilines is 1. The topological polar surface area (TPSA) is 112 Å². The highest BCUT2D eigenvalue weighted by molar-refractivity contribution is 7.91. The van der Waals surface area contributed by atoms with Gasteiger partial charge in [-0.15, -0.1) is 4.36 Å². The maximum atomic E-state index is 14.1. The molecule has 0 saturated carbocycles. The molecule has 31 heavy (non-hydrogen) atoms. The van der Waals surface area contributed by atoms with Crippen LogP contribution in [0.15, 0.2) is 21.5 Å². The number of fused-ring (bicyclic) bond motifs is 3. The van der Waals surface area contributed by atoms with Gasteiger partial charge in [0.15, 0.2) is 9.92 Å². The molecule has 2 aliphatic carbocycles. The molecule has 166 valence electrons. The number of urea groups is 1. The van der Waals surface area contributed by atoms with Crippen molar-refractivity contribution in [1.29, 1.82) is 0 Å². The van der Waals surface area contributed by atoms with E-state index in [9.17, 15) is 13.4 Å². The molecule has 1 aliphatic heterocycles. The van der Waals surface area contributed by atoms with Crippen LogP contribution in [0.5, 0.6) is 5.88 Å². The summed E-state index contributed by atoms with van der Waals surface area (Å²) in [5.74, 6) is 0.287. The van der Waals surface area contributed by atoms with Crippen LogP contribution in [0.2, 0.25) is 0 Å². The Morgan fingerprint density at radius 1 is 1.42 bits per heavy atom. The van der Waals surface area contributed by atoms with Crippen molar-refractivity contribution in [2.45, 2.75) is 75.6 Å². The highest BCUT2D eigenvalue weighted by Gasteiger charge is 2.38. The number of hydrogen-bond donors (Lipinski definition) is 2. The molecule has 3 N–H and O–H groups in total. The van der Waals surface area contributed by atoms with Crippen molar-refractivity contribution in [3.63, 3.8) is 0 Å². The van der Waals surface area contributed by atoms with E-state index in [1.807, 2.05) is 13.8 Å². The Kier molecular flexibility index (Phi) is 4.63. The summed E-state index contributed by atoms with van der Waals surface area (Å²) < 4.78 is 38.6. The zero-order valence-electron chi connectivity index (χ0n) is 17.6. The Labute approximate surface area is 180 Å². The Morgan fingerprint density at radius 3 is 3.00 bits per heavy atom. The van der Waals surface area contributed by atoms with Gasteiger partial charge in [-0.25, -0.2) is 23.2 Å². The summed E-state index contributed by atoms with van der Waals surface area (Å²) in [7, 11) is -3.58. The van der Waals surface area contributed by atoms with Gasteiger partial charge in [0.25, 0.3) is 0 Å². The van der Waals surface area contributed by atoms with E-state index < -0.39 is 27.7 Å². The van der Waals surface area contributed by atoms with Crippen molar-refractivity contribution in [3.8, 4) is 5.88 Å². The van der Waals surface area contributed by atoms with E-state index in [0.717, 1.165) is 47.9 Å². The standard InChI is InChI=1S/C21H26FN5O3S/c1-3-21(2)11-27-19(30-21)17(10-24-27)31(23,29)26-20(28)25-18-15-6-4-5-12(15)7-13-8-14(22)9-16(13)18/h7,10,14H,3-6,8-9,11H2,1-2H3,(H3,23,25,26,28,29)/t14-,21+,31?/m1/s1. The highest BCUT2D eigenvalue weighted by atomic mass is 32.2. The first-order valence-electron chi connectivity index (χ1n) is 10.6. The van der Waals surface area contributed by atoms with Crippen molar-refractivity contribution in [3.05, 3.63) is 34.5 Å². The molecule has 0 bridgehead atoms. The number of hydrogen-bond acceptors (Lipinski definition) is 4. The number of benzene rings is 1. The zero-order valence-corrected chi connectivity index (χ0v) is 18.4. The Bertz CT molecular complexity index is 1220. The molecular weight excluding hydrogens is 421 g/mol. The molecular formula is C21H26FN5O3S. The lowest BCUT2D eigenvalue weighted by atomic mass is 9.99. The first-order chi connectivity index (χ1) is 14.7. The van der Waals surface area contributed by atoms with Crippen LogP contribution in [0.3, 0.4) is 0 Å². The molecule has 0 saturated heterocycles. The fourth-order valence-corrected chi connectivity index (χ4v) is 5.78. The Balaban J connectivity index is 1.47. The SMILES string of the molecule is CC[C@@]1(C)Cn2ncc(S(N)(=O)=NC(=O)Nc3c4c(cc5c3C[C@H](F)C5)CCC4)c2O1. The average Bonchev–Trinajstić information content (AvgIpc) is 3.43. The number of nitrogens with two attached hydrogens (primary N) is 1. The van der Waals surface area contributed by atoms with Crippen LogP contribution in [-0.2, 0) is 42.1 Å². The number of carbonyl (C=O) groups excluding carboxylic acids is 1. The first-order valence-corrected chi connectivity index (χ1v) is 12.2. The quantitative estimate of drug-likeness (QED) is 0.752. The molecule has 2 heterocycles. The van der Waals surface area contributed by atoms with Gasteiger partial charge in [0.05, 0.1) is 12.7 Å². The second kappa shape index (κ2) is 7.03. The minimum Gasteiger partial charge on any atom is -0.469 e. The maximum absolute atomic E-state index is 14.1. The van der Waals surface area contributed by atoms with E-state index in [1.54, 1.807) is 4.68 Å². The van der Waals surface area contributed by atoms with Gasteiger partial charge in [-0.3, -0.25) is 0 Å². The van der Waals surface area contributed by atoms with Crippen LogP contribution in [0.4, 0.5) is 14.9 Å². The van der Waals surface area contributed by atoms with E-state index in [1.165, 1.54) is 6.20 Å². The molecule has 3 aliphatic rings. The predicted molar refractivity (Wildman–Crippen MR) is 114 cm³/mol. The summed E-state index contributed by atoms with van der Waals surface area (Å²) >= 11 is 0. The zero-order chi connectivity index (χ0) is 22.0. The van der Waals surface area contributed by atoms with E-state index >= 15 is 0 Å². The molecule has 2 aromatic rings. The number of rotatable bonds is 3. The van der Waals surface area contributed by atoms with Gasteiger partial charge in [-0.05, 0) is 54.9 Å². The number of aromatic nitrogens is 2. The molecule has 5 rings (SSSR count). The number of amides is 2. The van der Waals surface area contributed by atoms with Crippen molar-refractivity contribution in [1.82, 2.24) is 9.78 Å². The Morgan fingerprint density at radius 2 is 2.23 bits per heavy atom. The smallest absolute Gasteiger partial charge is 0.354 e. The molecule has 1 aromatic carbocycles. The number of nitrogens with one attached hydrogen (secondary N) is 1. The van der Waals surface area contributed by atoms with Crippen LogP contribution in [0, 0.1) is 0 Å². The Hall–Kier alpha value is -2.46. The molecule has 1 unspecified atom stereocenters. The largest absolute Gasteiger partial charge is 0.469 e. The van der Waals surface area contributed by atoms with E-state index in [2.05, 4.69) is 20.8 Å².